The van der Waals surface area contributed by atoms with E-state index in [9.17, 15) is 9.59 Å². The zero-order chi connectivity index (χ0) is 27.9. The number of nitrogens with two attached hydrogens (primary N) is 1. The van der Waals surface area contributed by atoms with Crippen molar-refractivity contribution in [2.24, 2.45) is 0 Å². The Labute approximate surface area is 234 Å². The number of likely N-dealkylation sites (tertiary alicyclic amines) is 2. The summed E-state index contributed by atoms with van der Waals surface area (Å²) < 4.78 is 0. The van der Waals surface area contributed by atoms with Crippen molar-refractivity contribution in [1.29, 1.82) is 0 Å². The number of nitrogens with zero attached hydrogens (tertiary/aromatic N) is 5. The molecule has 2 fully saturated rings. The van der Waals surface area contributed by atoms with Gasteiger partial charge in [0.2, 0.25) is 5.95 Å². The van der Waals surface area contributed by atoms with Crippen LogP contribution in [-0.2, 0) is 18.4 Å². The first kappa shape index (κ1) is 26.4. The highest BCUT2D eigenvalue weighted by Crippen LogP contribution is 2.42. The molecule has 4 heterocycles. The Hall–Kier alpha value is -3.79. The molecule has 0 unspecified atom stereocenters. The third kappa shape index (κ3) is 5.08. The summed E-state index contributed by atoms with van der Waals surface area (Å²) in [5.74, 6) is 0.0180. The average Bonchev–Trinajstić information content (AvgIpc) is 3.44. The summed E-state index contributed by atoms with van der Waals surface area (Å²) in [6.45, 7) is 8.54. The summed E-state index contributed by atoms with van der Waals surface area (Å²) in [4.78, 5) is 39.5. The zero-order valence-corrected chi connectivity index (χ0v) is 23.4. The molecule has 1 aliphatic carbocycles. The molecule has 2 aliphatic heterocycles. The SMILES string of the molecule is CC1(C)Cc2cnc(N)nc2-c2[nH]nc(C(=O)NCc3ccc(C(=O)N4CCC(N5CCCCC5)CC4)cc3)c21. The van der Waals surface area contributed by atoms with E-state index in [0.717, 1.165) is 42.6 Å². The highest BCUT2D eigenvalue weighted by atomic mass is 16.2. The van der Waals surface area contributed by atoms with E-state index >= 15 is 0 Å². The molecule has 1 aromatic carbocycles. The Bertz CT molecular complexity index is 1400. The minimum Gasteiger partial charge on any atom is -0.368 e. The second-order valence-corrected chi connectivity index (χ2v) is 12.0. The lowest BCUT2D eigenvalue weighted by Crippen LogP contribution is -2.48. The van der Waals surface area contributed by atoms with Crippen molar-refractivity contribution in [2.75, 3.05) is 31.9 Å². The molecule has 0 radical (unpaired) electrons. The minimum absolute atomic E-state index is 0.0859. The van der Waals surface area contributed by atoms with Gasteiger partial charge in [-0.3, -0.25) is 14.7 Å². The first-order valence-electron chi connectivity index (χ1n) is 14.4. The van der Waals surface area contributed by atoms with Crippen molar-refractivity contribution in [3.05, 3.63) is 58.4 Å². The van der Waals surface area contributed by atoms with Crippen LogP contribution in [0.2, 0.25) is 0 Å². The van der Waals surface area contributed by atoms with Crippen molar-refractivity contribution < 1.29 is 9.59 Å². The van der Waals surface area contributed by atoms with E-state index in [1.807, 2.05) is 29.2 Å². The number of nitrogen functional groups attached to an aromatic ring is 1. The number of H-pyrrole nitrogens is 1. The van der Waals surface area contributed by atoms with Gasteiger partial charge in [-0.25, -0.2) is 9.97 Å². The lowest BCUT2D eigenvalue weighted by atomic mass is 9.73. The molecule has 210 valence electrons. The van der Waals surface area contributed by atoms with Crippen LogP contribution in [0.4, 0.5) is 5.95 Å². The van der Waals surface area contributed by atoms with Crippen LogP contribution in [0.15, 0.2) is 30.5 Å². The van der Waals surface area contributed by atoms with Crippen molar-refractivity contribution in [2.45, 2.75) is 70.4 Å². The number of amides is 2. The second kappa shape index (κ2) is 10.6. The lowest BCUT2D eigenvalue weighted by molar-refractivity contribution is 0.0589. The van der Waals surface area contributed by atoms with Crippen molar-refractivity contribution >= 4 is 17.8 Å². The van der Waals surface area contributed by atoms with Gasteiger partial charge < -0.3 is 20.9 Å². The summed E-state index contributed by atoms with van der Waals surface area (Å²) in [5.41, 5.74) is 10.7. The fourth-order valence-corrected chi connectivity index (χ4v) is 6.60. The van der Waals surface area contributed by atoms with E-state index in [0.29, 0.717) is 41.7 Å². The molecule has 0 atom stereocenters. The highest BCUT2D eigenvalue weighted by Gasteiger charge is 2.38. The number of piperidine rings is 2. The molecule has 0 saturated carbocycles. The Morgan fingerprint density at radius 2 is 1.80 bits per heavy atom. The van der Waals surface area contributed by atoms with Crippen LogP contribution in [0.5, 0.6) is 0 Å². The summed E-state index contributed by atoms with van der Waals surface area (Å²) in [6, 6.07) is 8.16. The first-order chi connectivity index (χ1) is 19.3. The number of aromatic nitrogens is 4. The van der Waals surface area contributed by atoms with Gasteiger partial charge in [0.25, 0.3) is 11.8 Å². The van der Waals surface area contributed by atoms with Crippen molar-refractivity contribution in [3.63, 3.8) is 0 Å². The monoisotopic (exact) mass is 542 g/mol. The maximum Gasteiger partial charge on any atom is 0.272 e. The second-order valence-electron chi connectivity index (χ2n) is 12.0. The number of carbonyl (C=O) groups is 2. The van der Waals surface area contributed by atoms with E-state index in [2.05, 4.69) is 44.2 Å². The molecule has 3 aliphatic rings. The Kier molecular flexibility index (Phi) is 7.04. The van der Waals surface area contributed by atoms with Gasteiger partial charge in [0.15, 0.2) is 5.69 Å². The molecule has 40 heavy (non-hydrogen) atoms. The largest absolute Gasteiger partial charge is 0.368 e. The van der Waals surface area contributed by atoms with Crippen LogP contribution >= 0.6 is 0 Å². The molecule has 2 amide bonds. The van der Waals surface area contributed by atoms with E-state index in [-0.39, 0.29) is 23.2 Å². The van der Waals surface area contributed by atoms with E-state index in [4.69, 9.17) is 5.73 Å². The maximum atomic E-state index is 13.2. The minimum atomic E-state index is -0.328. The Morgan fingerprint density at radius 3 is 2.52 bits per heavy atom. The number of carbonyl (C=O) groups excluding carboxylic acids is 2. The normalized spacial score (nSPS) is 19.1. The van der Waals surface area contributed by atoms with Gasteiger partial charge in [-0.1, -0.05) is 32.4 Å². The molecule has 6 rings (SSSR count). The van der Waals surface area contributed by atoms with E-state index in [1.54, 1.807) is 6.20 Å². The van der Waals surface area contributed by atoms with Gasteiger partial charge in [0, 0.05) is 43.0 Å². The smallest absolute Gasteiger partial charge is 0.272 e. The number of aromatic amines is 1. The summed E-state index contributed by atoms with van der Waals surface area (Å²) in [7, 11) is 0. The fourth-order valence-electron chi connectivity index (χ4n) is 6.60. The maximum absolute atomic E-state index is 13.2. The molecule has 10 nitrogen and oxygen atoms in total. The first-order valence-corrected chi connectivity index (χ1v) is 14.4. The molecule has 2 aromatic heterocycles. The summed E-state index contributed by atoms with van der Waals surface area (Å²) in [6.07, 6.45) is 8.47. The van der Waals surface area contributed by atoms with E-state index in [1.165, 1.54) is 32.4 Å². The third-order valence-electron chi connectivity index (χ3n) is 8.72. The highest BCUT2D eigenvalue weighted by molar-refractivity contribution is 5.96. The number of nitrogens with one attached hydrogen (secondary N) is 2. The van der Waals surface area contributed by atoms with Gasteiger partial charge in [0.05, 0.1) is 11.4 Å². The fraction of sp³-hybridized carbons (Fsp3) is 0.500. The topological polar surface area (TPSA) is 133 Å². The lowest BCUT2D eigenvalue weighted by Gasteiger charge is -2.40. The van der Waals surface area contributed by atoms with Crippen LogP contribution in [0.25, 0.3) is 11.4 Å². The number of anilines is 1. The standard InChI is InChI=1S/C30H38N8O2/c1-30(2)16-21-18-33-29(31)34-24(21)25-23(30)26(36-35-25)27(39)32-17-19-6-8-20(9-7-19)28(40)38-14-10-22(11-15-38)37-12-4-3-5-13-37/h6-9,18,22H,3-5,10-17H2,1-2H3,(H,32,39)(H,35,36)(H2,31,33,34). The zero-order valence-electron chi connectivity index (χ0n) is 23.4. The van der Waals surface area contributed by atoms with Crippen LogP contribution in [0.1, 0.15) is 83.5 Å². The van der Waals surface area contributed by atoms with Gasteiger partial charge in [0.1, 0.15) is 0 Å². The number of rotatable bonds is 5. The summed E-state index contributed by atoms with van der Waals surface area (Å²) in [5, 5.41) is 10.4. The van der Waals surface area contributed by atoms with Crippen LogP contribution in [0, 0.1) is 0 Å². The molecule has 2 saturated heterocycles. The Balaban J connectivity index is 1.07. The summed E-state index contributed by atoms with van der Waals surface area (Å²) >= 11 is 0. The average molecular weight is 543 g/mol. The van der Waals surface area contributed by atoms with Crippen LogP contribution < -0.4 is 11.1 Å². The molecule has 4 N–H and O–H groups in total. The molecule has 0 bridgehead atoms. The van der Waals surface area contributed by atoms with Crippen molar-refractivity contribution in [1.82, 2.24) is 35.3 Å². The van der Waals surface area contributed by atoms with Gasteiger partial charge in [-0.2, -0.15) is 5.10 Å². The number of hydrogen-bond donors (Lipinski definition) is 3. The molecule has 10 heteroatoms. The quantitative estimate of drug-likeness (QED) is 0.450. The van der Waals surface area contributed by atoms with Crippen LogP contribution in [0.3, 0.4) is 0 Å². The predicted molar refractivity (Wildman–Crippen MR) is 153 cm³/mol. The molecular weight excluding hydrogens is 504 g/mol. The third-order valence-corrected chi connectivity index (χ3v) is 8.72. The number of hydrogen-bond acceptors (Lipinski definition) is 7. The molecule has 3 aromatic rings. The number of fused-ring (bicyclic) bond motifs is 3. The Morgan fingerprint density at radius 1 is 1.07 bits per heavy atom. The number of benzene rings is 1. The van der Waals surface area contributed by atoms with Gasteiger partial charge >= 0.3 is 0 Å². The van der Waals surface area contributed by atoms with Crippen molar-refractivity contribution in [3.8, 4) is 11.4 Å². The van der Waals surface area contributed by atoms with E-state index < -0.39 is 0 Å². The van der Waals surface area contributed by atoms with Gasteiger partial charge in [-0.15, -0.1) is 0 Å². The van der Waals surface area contributed by atoms with Gasteiger partial charge in [-0.05, 0) is 73.9 Å². The van der Waals surface area contributed by atoms with Crippen LogP contribution in [-0.4, -0.2) is 74.0 Å². The predicted octanol–water partition coefficient (Wildman–Crippen LogP) is 3.30. The molecular formula is C30H38N8O2. The molecule has 0 spiro atoms.